The van der Waals surface area contributed by atoms with E-state index in [9.17, 15) is 9.70 Å². The highest BCUT2D eigenvalue weighted by Crippen LogP contribution is 1.92. The van der Waals surface area contributed by atoms with Crippen LogP contribution < -0.4 is 0 Å². The van der Waals surface area contributed by atoms with Gasteiger partial charge in [0.1, 0.15) is 5.78 Å². The molecule has 0 unspecified atom stereocenters. The molecule has 0 aliphatic rings. The Labute approximate surface area is 60.2 Å². The minimum absolute atomic E-state index is 0.152. The van der Waals surface area contributed by atoms with E-state index in [2.05, 4.69) is 5.29 Å². The Kier molecular flexibility index (Phi) is 4.45. The van der Waals surface area contributed by atoms with Crippen LogP contribution in [0.3, 0.4) is 0 Å². The van der Waals surface area contributed by atoms with Gasteiger partial charge < -0.3 is 4.79 Å². The van der Waals surface area contributed by atoms with Gasteiger partial charge in [0.15, 0.2) is 0 Å². The van der Waals surface area contributed by atoms with E-state index in [0.29, 0.717) is 19.4 Å². The van der Waals surface area contributed by atoms with Gasteiger partial charge in [-0.15, -0.1) is 4.91 Å². The van der Waals surface area contributed by atoms with Gasteiger partial charge >= 0.3 is 0 Å². The van der Waals surface area contributed by atoms with E-state index in [1.165, 1.54) is 11.9 Å². The van der Waals surface area contributed by atoms with Crippen LogP contribution in [0.5, 0.6) is 0 Å². The van der Waals surface area contributed by atoms with Gasteiger partial charge in [-0.1, -0.05) is 0 Å². The summed E-state index contributed by atoms with van der Waals surface area (Å²) < 4.78 is 0. The number of carbonyl (C=O) groups is 1. The van der Waals surface area contributed by atoms with E-state index in [1.807, 2.05) is 0 Å². The smallest absolute Gasteiger partial charge is 0.129 e. The molecule has 0 aliphatic heterocycles. The van der Waals surface area contributed by atoms with Crippen LogP contribution in [0.25, 0.3) is 0 Å². The second kappa shape index (κ2) is 4.90. The molecule has 0 spiro atoms. The fraction of sp³-hybridized carbons (Fsp3) is 0.833. The average Bonchev–Trinajstić information content (AvgIpc) is 1.87. The molecule has 10 heavy (non-hydrogen) atoms. The van der Waals surface area contributed by atoms with Crippen LogP contribution in [-0.2, 0) is 4.79 Å². The number of Topliss-reactive ketones (excluding diaryl/α,β-unsaturated/α-hetero) is 1. The van der Waals surface area contributed by atoms with Crippen LogP contribution >= 0.6 is 0 Å². The van der Waals surface area contributed by atoms with Crippen molar-refractivity contribution in [3.8, 4) is 0 Å². The molecule has 0 saturated heterocycles. The van der Waals surface area contributed by atoms with Gasteiger partial charge in [-0.05, 0) is 13.3 Å². The van der Waals surface area contributed by atoms with Crippen LogP contribution in [0.15, 0.2) is 5.29 Å². The van der Waals surface area contributed by atoms with Crippen LogP contribution in [0.1, 0.15) is 19.8 Å². The predicted octanol–water partition coefficient (Wildman–Crippen LogP) is 0.969. The van der Waals surface area contributed by atoms with Crippen LogP contribution in [0.2, 0.25) is 0 Å². The van der Waals surface area contributed by atoms with Crippen LogP contribution in [-0.4, -0.2) is 24.4 Å². The Morgan fingerprint density at radius 1 is 1.60 bits per heavy atom. The first-order valence-corrected chi connectivity index (χ1v) is 3.20. The van der Waals surface area contributed by atoms with Crippen molar-refractivity contribution in [2.75, 3.05) is 13.6 Å². The zero-order valence-electron chi connectivity index (χ0n) is 6.33. The largest absolute Gasteiger partial charge is 0.300 e. The zero-order chi connectivity index (χ0) is 7.98. The number of carbonyl (C=O) groups excluding carboxylic acids is 1. The fourth-order valence-corrected chi connectivity index (χ4v) is 0.598. The third kappa shape index (κ3) is 5.21. The molecule has 0 fully saturated rings. The van der Waals surface area contributed by atoms with Gasteiger partial charge in [0.05, 0.1) is 5.29 Å². The first-order chi connectivity index (χ1) is 4.66. The lowest BCUT2D eigenvalue weighted by Gasteiger charge is -2.05. The van der Waals surface area contributed by atoms with Crippen LogP contribution in [0, 0.1) is 4.91 Å². The zero-order valence-corrected chi connectivity index (χ0v) is 6.33. The molecule has 0 aromatic carbocycles. The predicted molar refractivity (Wildman–Crippen MR) is 38.3 cm³/mol. The Morgan fingerprint density at radius 2 is 2.20 bits per heavy atom. The number of hydrogen-bond acceptors (Lipinski definition) is 3. The van der Waals surface area contributed by atoms with E-state index in [-0.39, 0.29) is 5.78 Å². The van der Waals surface area contributed by atoms with Crippen molar-refractivity contribution in [3.05, 3.63) is 4.91 Å². The van der Waals surface area contributed by atoms with Crippen molar-refractivity contribution < 1.29 is 4.79 Å². The van der Waals surface area contributed by atoms with Crippen molar-refractivity contribution in [2.24, 2.45) is 5.29 Å². The average molecular weight is 144 g/mol. The number of ketones is 1. The Morgan fingerprint density at radius 3 is 2.60 bits per heavy atom. The lowest BCUT2D eigenvalue weighted by molar-refractivity contribution is -0.117. The molecule has 4 nitrogen and oxygen atoms in total. The van der Waals surface area contributed by atoms with E-state index in [0.717, 1.165) is 0 Å². The summed E-state index contributed by atoms with van der Waals surface area (Å²) in [6.45, 7) is 2.09. The lowest BCUT2D eigenvalue weighted by atomic mass is 10.2. The molecule has 0 aromatic heterocycles. The maximum atomic E-state index is 10.4. The Hall–Kier alpha value is -0.930. The van der Waals surface area contributed by atoms with Gasteiger partial charge in [0.25, 0.3) is 0 Å². The summed E-state index contributed by atoms with van der Waals surface area (Å²) in [5, 5.41) is 3.94. The molecule has 4 heteroatoms. The molecular formula is C6H12N2O2. The SMILES string of the molecule is CC(=O)CCCN(C)N=O. The highest BCUT2D eigenvalue weighted by molar-refractivity contribution is 5.75. The van der Waals surface area contributed by atoms with Gasteiger partial charge in [0.2, 0.25) is 0 Å². The Bertz CT molecular complexity index is 125. The molecule has 0 saturated carbocycles. The summed E-state index contributed by atoms with van der Waals surface area (Å²) in [6.07, 6.45) is 1.23. The van der Waals surface area contributed by atoms with Crippen LogP contribution in [0.4, 0.5) is 0 Å². The highest BCUT2D eigenvalue weighted by atomic mass is 16.3. The quantitative estimate of drug-likeness (QED) is 0.426. The number of nitroso groups, excluding NO2 is 1. The number of hydrogen-bond donors (Lipinski definition) is 0. The molecule has 0 atom stereocenters. The molecule has 0 rings (SSSR count). The lowest BCUT2D eigenvalue weighted by Crippen LogP contribution is -2.12. The van der Waals surface area contributed by atoms with Crippen molar-refractivity contribution in [3.63, 3.8) is 0 Å². The summed E-state index contributed by atoms with van der Waals surface area (Å²) in [7, 11) is 1.59. The van der Waals surface area contributed by atoms with E-state index >= 15 is 0 Å². The topological polar surface area (TPSA) is 49.7 Å². The summed E-state index contributed by atoms with van der Waals surface area (Å²) in [5.74, 6) is 0.152. The summed E-state index contributed by atoms with van der Waals surface area (Å²) >= 11 is 0. The van der Waals surface area contributed by atoms with Gasteiger partial charge in [-0.3, -0.25) is 5.01 Å². The second-order valence-corrected chi connectivity index (χ2v) is 2.27. The molecule has 58 valence electrons. The standard InChI is InChI=1S/C6H12N2O2/c1-6(9)4-3-5-8(2)7-10/h3-5H2,1-2H3. The highest BCUT2D eigenvalue weighted by Gasteiger charge is 1.96. The second-order valence-electron chi connectivity index (χ2n) is 2.27. The normalized spacial score (nSPS) is 9.00. The summed E-state index contributed by atoms with van der Waals surface area (Å²) in [5.41, 5.74) is 0. The first kappa shape index (κ1) is 9.07. The molecule has 0 radical (unpaired) electrons. The molecule has 0 heterocycles. The molecule has 0 bridgehead atoms. The maximum absolute atomic E-state index is 10.4. The van der Waals surface area contributed by atoms with Gasteiger partial charge in [0, 0.05) is 20.0 Å². The summed E-state index contributed by atoms with van der Waals surface area (Å²) in [6, 6.07) is 0. The maximum Gasteiger partial charge on any atom is 0.129 e. The van der Waals surface area contributed by atoms with E-state index in [4.69, 9.17) is 0 Å². The molecule has 0 aliphatic carbocycles. The third-order valence-corrected chi connectivity index (χ3v) is 1.15. The number of nitrogens with zero attached hydrogens (tertiary/aromatic N) is 2. The first-order valence-electron chi connectivity index (χ1n) is 3.20. The van der Waals surface area contributed by atoms with Crippen molar-refractivity contribution in [1.29, 1.82) is 0 Å². The van der Waals surface area contributed by atoms with E-state index in [1.54, 1.807) is 7.05 Å². The molecule has 0 N–H and O–H groups in total. The third-order valence-electron chi connectivity index (χ3n) is 1.15. The molecular weight excluding hydrogens is 132 g/mol. The van der Waals surface area contributed by atoms with Crippen molar-refractivity contribution in [2.45, 2.75) is 19.8 Å². The molecule has 0 amide bonds. The number of rotatable bonds is 5. The molecule has 0 aromatic rings. The van der Waals surface area contributed by atoms with E-state index < -0.39 is 0 Å². The van der Waals surface area contributed by atoms with Crippen molar-refractivity contribution in [1.82, 2.24) is 5.01 Å². The van der Waals surface area contributed by atoms with Gasteiger partial charge in [-0.2, -0.15) is 0 Å². The van der Waals surface area contributed by atoms with Gasteiger partial charge in [-0.25, -0.2) is 0 Å². The monoisotopic (exact) mass is 144 g/mol. The minimum Gasteiger partial charge on any atom is -0.300 e. The summed E-state index contributed by atoms with van der Waals surface area (Å²) in [4.78, 5) is 20.2. The fourth-order valence-electron chi connectivity index (χ4n) is 0.598. The Balaban J connectivity index is 3.19. The van der Waals surface area contributed by atoms with Crippen molar-refractivity contribution >= 4 is 5.78 Å². The minimum atomic E-state index is 0.152.